The minimum atomic E-state index is 0.505. The second-order valence-electron chi connectivity index (χ2n) is 5.34. The van der Waals surface area contributed by atoms with Gasteiger partial charge in [-0.15, -0.1) is 0 Å². The summed E-state index contributed by atoms with van der Waals surface area (Å²) in [6.07, 6.45) is 0. The zero-order valence-electron chi connectivity index (χ0n) is 12.3. The average Bonchev–Trinajstić information content (AvgIpc) is 2.24. The quantitative estimate of drug-likeness (QED) is 0.773. The molecule has 0 saturated carbocycles. The Balaban J connectivity index is 2.80. The third-order valence-corrected chi connectivity index (χ3v) is 2.70. The first-order valence-electron chi connectivity index (χ1n) is 6.51. The van der Waals surface area contributed by atoms with Crippen LogP contribution in [0.1, 0.15) is 37.5 Å². The number of nitrogens with one attached hydrogen (secondary N) is 1. The monoisotopic (exact) mass is 247 g/mol. The van der Waals surface area contributed by atoms with E-state index >= 15 is 0 Å². The molecule has 0 aliphatic carbocycles. The molecule has 18 heavy (non-hydrogen) atoms. The van der Waals surface area contributed by atoms with E-state index in [9.17, 15) is 0 Å². The molecule has 0 amide bonds. The van der Waals surface area contributed by atoms with E-state index in [1.165, 1.54) is 16.7 Å². The minimum Gasteiger partial charge on any atom is -0.489 e. The highest BCUT2D eigenvalue weighted by Gasteiger charge is 2.07. The van der Waals surface area contributed by atoms with E-state index in [-0.39, 0.29) is 0 Å². The van der Waals surface area contributed by atoms with Gasteiger partial charge in [0.05, 0.1) is 0 Å². The standard InChI is InChI=1S/C16H25NO/c1-11(2)10-18-16-13(5)7-15(8-14(16)6)9-17-12(3)4/h7-8,12,17H,1,9-10H2,2-6H3. The Hall–Kier alpha value is -1.28. The summed E-state index contributed by atoms with van der Waals surface area (Å²) in [5.74, 6) is 0.992. The predicted molar refractivity (Wildman–Crippen MR) is 78.2 cm³/mol. The zero-order valence-corrected chi connectivity index (χ0v) is 12.3. The molecule has 0 heterocycles. The molecular formula is C16H25NO. The molecule has 2 nitrogen and oxygen atoms in total. The highest BCUT2D eigenvalue weighted by Crippen LogP contribution is 2.25. The van der Waals surface area contributed by atoms with Crippen LogP contribution in [0.5, 0.6) is 5.75 Å². The van der Waals surface area contributed by atoms with Gasteiger partial charge in [-0.2, -0.15) is 0 Å². The summed E-state index contributed by atoms with van der Waals surface area (Å²) in [4.78, 5) is 0. The van der Waals surface area contributed by atoms with Gasteiger partial charge in [-0.25, -0.2) is 0 Å². The van der Waals surface area contributed by atoms with Crippen molar-refractivity contribution in [1.29, 1.82) is 0 Å². The fourth-order valence-corrected chi connectivity index (χ4v) is 1.89. The summed E-state index contributed by atoms with van der Waals surface area (Å²) in [6.45, 7) is 15.8. The fourth-order valence-electron chi connectivity index (χ4n) is 1.89. The van der Waals surface area contributed by atoms with Gasteiger partial charge in [0.2, 0.25) is 0 Å². The molecule has 0 aliphatic rings. The number of ether oxygens (including phenoxy) is 1. The van der Waals surface area contributed by atoms with E-state index in [0.29, 0.717) is 12.6 Å². The molecule has 1 N–H and O–H groups in total. The molecule has 0 unspecified atom stereocenters. The lowest BCUT2D eigenvalue weighted by Gasteiger charge is -2.15. The highest BCUT2D eigenvalue weighted by atomic mass is 16.5. The van der Waals surface area contributed by atoms with Crippen LogP contribution in [-0.4, -0.2) is 12.6 Å². The Labute approximate surface area is 111 Å². The number of rotatable bonds is 6. The Morgan fingerprint density at radius 3 is 2.28 bits per heavy atom. The van der Waals surface area contributed by atoms with E-state index in [1.807, 2.05) is 6.92 Å². The van der Waals surface area contributed by atoms with Crippen molar-refractivity contribution in [3.63, 3.8) is 0 Å². The first-order valence-corrected chi connectivity index (χ1v) is 6.51. The Morgan fingerprint density at radius 1 is 1.28 bits per heavy atom. The largest absolute Gasteiger partial charge is 0.489 e. The van der Waals surface area contributed by atoms with Crippen LogP contribution in [0.3, 0.4) is 0 Å². The molecule has 100 valence electrons. The van der Waals surface area contributed by atoms with Gasteiger partial charge in [-0.1, -0.05) is 32.6 Å². The second-order valence-corrected chi connectivity index (χ2v) is 5.34. The van der Waals surface area contributed by atoms with Crippen LogP contribution in [0.4, 0.5) is 0 Å². The van der Waals surface area contributed by atoms with E-state index in [2.05, 4.69) is 51.7 Å². The van der Waals surface area contributed by atoms with Crippen LogP contribution in [0, 0.1) is 13.8 Å². The third kappa shape index (κ3) is 4.53. The van der Waals surface area contributed by atoms with Gasteiger partial charge in [-0.05, 0) is 43.0 Å². The van der Waals surface area contributed by atoms with Crippen LogP contribution < -0.4 is 10.1 Å². The van der Waals surface area contributed by atoms with Crippen molar-refractivity contribution >= 4 is 0 Å². The summed E-state index contributed by atoms with van der Waals surface area (Å²) in [6, 6.07) is 4.89. The molecule has 0 bridgehead atoms. The summed E-state index contributed by atoms with van der Waals surface area (Å²) in [5, 5.41) is 3.43. The smallest absolute Gasteiger partial charge is 0.125 e. The van der Waals surface area contributed by atoms with Gasteiger partial charge < -0.3 is 10.1 Å². The van der Waals surface area contributed by atoms with Crippen LogP contribution >= 0.6 is 0 Å². The molecule has 1 aromatic carbocycles. The summed E-state index contributed by atoms with van der Waals surface area (Å²) < 4.78 is 5.79. The molecule has 0 aromatic heterocycles. The van der Waals surface area contributed by atoms with E-state index in [0.717, 1.165) is 17.9 Å². The van der Waals surface area contributed by atoms with E-state index in [1.54, 1.807) is 0 Å². The molecule has 2 heteroatoms. The van der Waals surface area contributed by atoms with Gasteiger partial charge in [0.1, 0.15) is 12.4 Å². The van der Waals surface area contributed by atoms with Gasteiger partial charge in [0.25, 0.3) is 0 Å². The molecular weight excluding hydrogens is 222 g/mol. The van der Waals surface area contributed by atoms with Crippen molar-refractivity contribution in [2.45, 2.75) is 47.2 Å². The zero-order chi connectivity index (χ0) is 13.7. The number of hydrogen-bond acceptors (Lipinski definition) is 2. The van der Waals surface area contributed by atoms with Crippen LogP contribution in [0.25, 0.3) is 0 Å². The van der Waals surface area contributed by atoms with Gasteiger partial charge in [0, 0.05) is 12.6 Å². The molecule has 0 atom stereocenters. The predicted octanol–water partition coefficient (Wildman–Crippen LogP) is 3.76. The molecule has 0 radical (unpaired) electrons. The fraction of sp³-hybridized carbons (Fsp3) is 0.500. The SMILES string of the molecule is C=C(C)COc1c(C)cc(CNC(C)C)cc1C. The summed E-state index contributed by atoms with van der Waals surface area (Å²) >= 11 is 0. The Morgan fingerprint density at radius 2 is 1.83 bits per heavy atom. The Bertz CT molecular complexity index is 398. The molecule has 1 aromatic rings. The lowest BCUT2D eigenvalue weighted by Crippen LogP contribution is -2.21. The van der Waals surface area contributed by atoms with E-state index in [4.69, 9.17) is 4.74 Å². The lowest BCUT2D eigenvalue weighted by atomic mass is 10.1. The number of benzene rings is 1. The first-order chi connectivity index (χ1) is 8.40. The van der Waals surface area contributed by atoms with Crippen molar-refractivity contribution in [2.75, 3.05) is 6.61 Å². The van der Waals surface area contributed by atoms with Gasteiger partial charge in [-0.3, -0.25) is 0 Å². The van der Waals surface area contributed by atoms with Crippen molar-refractivity contribution in [3.8, 4) is 5.75 Å². The van der Waals surface area contributed by atoms with Gasteiger partial charge in [0.15, 0.2) is 0 Å². The first kappa shape index (κ1) is 14.8. The van der Waals surface area contributed by atoms with E-state index < -0.39 is 0 Å². The normalized spacial score (nSPS) is 10.8. The maximum absolute atomic E-state index is 5.79. The van der Waals surface area contributed by atoms with Crippen molar-refractivity contribution in [1.82, 2.24) is 5.32 Å². The summed E-state index contributed by atoms with van der Waals surface area (Å²) in [5.41, 5.74) is 4.73. The molecule has 0 spiro atoms. The molecule has 0 aliphatic heterocycles. The topological polar surface area (TPSA) is 21.3 Å². The number of aryl methyl sites for hydroxylation is 2. The maximum atomic E-state index is 5.79. The lowest BCUT2D eigenvalue weighted by molar-refractivity contribution is 0.347. The van der Waals surface area contributed by atoms with Gasteiger partial charge >= 0.3 is 0 Å². The molecule has 0 saturated heterocycles. The van der Waals surface area contributed by atoms with Crippen molar-refractivity contribution in [3.05, 3.63) is 41.0 Å². The molecule has 0 fully saturated rings. The van der Waals surface area contributed by atoms with Crippen LogP contribution in [0.15, 0.2) is 24.3 Å². The van der Waals surface area contributed by atoms with Crippen LogP contribution in [0.2, 0.25) is 0 Å². The van der Waals surface area contributed by atoms with Crippen LogP contribution in [-0.2, 0) is 6.54 Å². The third-order valence-electron chi connectivity index (χ3n) is 2.70. The number of hydrogen-bond donors (Lipinski definition) is 1. The summed E-state index contributed by atoms with van der Waals surface area (Å²) in [7, 11) is 0. The highest BCUT2D eigenvalue weighted by molar-refractivity contribution is 5.43. The maximum Gasteiger partial charge on any atom is 0.125 e. The minimum absolute atomic E-state index is 0.505. The second kappa shape index (κ2) is 6.60. The Kier molecular flexibility index (Phi) is 5.42. The molecule has 1 rings (SSSR count). The van der Waals surface area contributed by atoms with Crippen molar-refractivity contribution in [2.24, 2.45) is 0 Å². The average molecular weight is 247 g/mol. The van der Waals surface area contributed by atoms with Crippen molar-refractivity contribution < 1.29 is 4.74 Å².